The van der Waals surface area contributed by atoms with Crippen molar-refractivity contribution < 1.29 is 0 Å². The summed E-state index contributed by atoms with van der Waals surface area (Å²) in [4.78, 5) is 0. The maximum Gasteiger partial charge on any atom is 0.0576 e. The summed E-state index contributed by atoms with van der Waals surface area (Å²) < 4.78 is 2.49. The van der Waals surface area contributed by atoms with Gasteiger partial charge in [0.1, 0.15) is 0 Å². The fourth-order valence-electron chi connectivity index (χ4n) is 3.43. The van der Waals surface area contributed by atoms with Gasteiger partial charge in [-0.1, -0.05) is 54.6 Å². The molecule has 0 spiro atoms. The van der Waals surface area contributed by atoms with Gasteiger partial charge in [0.25, 0.3) is 0 Å². The van der Waals surface area contributed by atoms with E-state index in [-0.39, 0.29) is 5.54 Å². The minimum Gasteiger partial charge on any atom is -0.335 e. The summed E-state index contributed by atoms with van der Waals surface area (Å²) in [6.07, 6.45) is 0. The van der Waals surface area contributed by atoms with Crippen molar-refractivity contribution in [3.63, 3.8) is 0 Å². The molecule has 0 aliphatic heterocycles. The average molecular weight is 273 g/mol. The van der Waals surface area contributed by atoms with Crippen LogP contribution in [0.1, 0.15) is 20.8 Å². The second-order valence-corrected chi connectivity index (χ2v) is 6.71. The zero-order chi connectivity index (χ0) is 14.6. The average Bonchev–Trinajstić information content (AvgIpc) is 2.82. The van der Waals surface area contributed by atoms with Gasteiger partial charge in [0, 0.05) is 27.2 Å². The van der Waals surface area contributed by atoms with E-state index >= 15 is 0 Å². The Kier molecular flexibility index (Phi) is 2.44. The predicted octanol–water partition coefficient (Wildman–Crippen LogP) is 5.70. The van der Waals surface area contributed by atoms with Gasteiger partial charge in [-0.3, -0.25) is 0 Å². The molecule has 1 heteroatoms. The van der Waals surface area contributed by atoms with Crippen molar-refractivity contribution >= 4 is 32.6 Å². The molecule has 0 aliphatic rings. The Morgan fingerprint density at radius 1 is 0.667 bits per heavy atom. The minimum atomic E-state index is 0.0471. The van der Waals surface area contributed by atoms with Gasteiger partial charge in [-0.05, 0) is 32.2 Å². The highest BCUT2D eigenvalue weighted by Gasteiger charge is 2.21. The van der Waals surface area contributed by atoms with Crippen LogP contribution in [0.3, 0.4) is 0 Å². The van der Waals surface area contributed by atoms with Crippen LogP contribution in [-0.2, 0) is 5.54 Å². The van der Waals surface area contributed by atoms with Crippen LogP contribution in [0, 0.1) is 0 Å². The van der Waals surface area contributed by atoms with E-state index in [0.29, 0.717) is 0 Å². The highest BCUT2D eigenvalue weighted by Crippen LogP contribution is 2.37. The molecule has 104 valence electrons. The number of para-hydroxylation sites is 1. The first-order valence-corrected chi connectivity index (χ1v) is 7.49. The molecule has 4 rings (SSSR count). The van der Waals surface area contributed by atoms with Crippen molar-refractivity contribution in [2.75, 3.05) is 0 Å². The Bertz CT molecular complexity index is 968. The second kappa shape index (κ2) is 4.11. The van der Waals surface area contributed by atoms with Crippen LogP contribution in [-0.4, -0.2) is 4.57 Å². The van der Waals surface area contributed by atoms with Crippen molar-refractivity contribution in [3.05, 3.63) is 60.7 Å². The quantitative estimate of drug-likeness (QED) is 0.387. The molecule has 3 aromatic carbocycles. The van der Waals surface area contributed by atoms with Crippen LogP contribution in [0.2, 0.25) is 0 Å². The number of hydrogen-bond donors (Lipinski definition) is 0. The van der Waals surface area contributed by atoms with Gasteiger partial charge >= 0.3 is 0 Å². The van der Waals surface area contributed by atoms with E-state index in [4.69, 9.17) is 0 Å². The molecule has 0 bridgehead atoms. The monoisotopic (exact) mass is 273 g/mol. The van der Waals surface area contributed by atoms with E-state index in [9.17, 15) is 0 Å². The van der Waals surface area contributed by atoms with E-state index in [2.05, 4.69) is 86.0 Å². The highest BCUT2D eigenvalue weighted by atomic mass is 15.0. The lowest BCUT2D eigenvalue weighted by Crippen LogP contribution is -2.21. The van der Waals surface area contributed by atoms with Gasteiger partial charge in [0.05, 0.1) is 5.52 Å². The number of benzene rings is 3. The summed E-state index contributed by atoms with van der Waals surface area (Å²) in [7, 11) is 0. The van der Waals surface area contributed by atoms with Gasteiger partial charge in [-0.2, -0.15) is 0 Å². The molecule has 0 unspecified atom stereocenters. The summed E-state index contributed by atoms with van der Waals surface area (Å²) in [5.41, 5.74) is 2.71. The molecule has 4 aromatic rings. The molecule has 0 radical (unpaired) electrons. The SMILES string of the molecule is CC(C)(C)n1c2ccccc2c2ccc3ccccc3c21. The zero-order valence-electron chi connectivity index (χ0n) is 12.7. The lowest BCUT2D eigenvalue weighted by molar-refractivity contribution is 0.424. The second-order valence-electron chi connectivity index (χ2n) is 6.71. The van der Waals surface area contributed by atoms with Crippen molar-refractivity contribution in [1.82, 2.24) is 4.57 Å². The molecule has 1 nitrogen and oxygen atoms in total. The third kappa shape index (κ3) is 1.70. The highest BCUT2D eigenvalue weighted by molar-refractivity contribution is 6.17. The minimum absolute atomic E-state index is 0.0471. The van der Waals surface area contributed by atoms with Crippen molar-refractivity contribution in [1.29, 1.82) is 0 Å². The number of rotatable bonds is 0. The largest absolute Gasteiger partial charge is 0.335 e. The van der Waals surface area contributed by atoms with Crippen molar-refractivity contribution in [3.8, 4) is 0 Å². The first kappa shape index (κ1) is 12.5. The molecule has 0 atom stereocenters. The lowest BCUT2D eigenvalue weighted by Gasteiger charge is -2.24. The van der Waals surface area contributed by atoms with Gasteiger partial charge in [0.2, 0.25) is 0 Å². The number of aromatic nitrogens is 1. The summed E-state index contributed by atoms with van der Waals surface area (Å²) in [6, 6.07) is 21.9. The molecule has 1 heterocycles. The third-order valence-electron chi connectivity index (χ3n) is 4.23. The molecule has 1 aromatic heterocycles. The third-order valence-corrected chi connectivity index (χ3v) is 4.23. The Balaban J connectivity index is 2.37. The maximum atomic E-state index is 2.49. The van der Waals surface area contributed by atoms with Gasteiger partial charge in [-0.25, -0.2) is 0 Å². The van der Waals surface area contributed by atoms with Crippen LogP contribution >= 0.6 is 0 Å². The smallest absolute Gasteiger partial charge is 0.0576 e. The van der Waals surface area contributed by atoms with Crippen LogP contribution in [0.5, 0.6) is 0 Å². The predicted molar refractivity (Wildman–Crippen MR) is 91.9 cm³/mol. The fourth-order valence-corrected chi connectivity index (χ4v) is 3.43. The zero-order valence-corrected chi connectivity index (χ0v) is 12.7. The van der Waals surface area contributed by atoms with Crippen LogP contribution in [0.25, 0.3) is 32.6 Å². The van der Waals surface area contributed by atoms with Gasteiger partial charge in [0.15, 0.2) is 0 Å². The summed E-state index contributed by atoms with van der Waals surface area (Å²) in [6.45, 7) is 6.84. The van der Waals surface area contributed by atoms with E-state index < -0.39 is 0 Å². The van der Waals surface area contributed by atoms with E-state index in [1.807, 2.05) is 0 Å². The van der Waals surface area contributed by atoms with Crippen molar-refractivity contribution in [2.24, 2.45) is 0 Å². The van der Waals surface area contributed by atoms with Crippen LogP contribution in [0.4, 0.5) is 0 Å². The standard InChI is InChI=1S/C20H19N/c1-20(2,3)21-18-11-7-6-10-16(18)17-13-12-14-8-4-5-9-15(14)19(17)21/h4-13H,1-3H3. The summed E-state index contributed by atoms with van der Waals surface area (Å²) in [5, 5.41) is 5.33. The van der Waals surface area contributed by atoms with E-state index in [0.717, 1.165) is 0 Å². The Morgan fingerprint density at radius 3 is 2.10 bits per heavy atom. The Morgan fingerprint density at radius 2 is 1.33 bits per heavy atom. The summed E-state index contributed by atoms with van der Waals surface area (Å²) >= 11 is 0. The fraction of sp³-hybridized carbons (Fsp3) is 0.200. The molecule has 0 saturated carbocycles. The van der Waals surface area contributed by atoms with Crippen LogP contribution < -0.4 is 0 Å². The molecule has 0 aliphatic carbocycles. The molecular weight excluding hydrogens is 254 g/mol. The van der Waals surface area contributed by atoms with E-state index in [1.165, 1.54) is 32.6 Å². The van der Waals surface area contributed by atoms with Gasteiger partial charge < -0.3 is 4.57 Å². The Labute approximate surface area is 124 Å². The Hall–Kier alpha value is -2.28. The van der Waals surface area contributed by atoms with Crippen molar-refractivity contribution in [2.45, 2.75) is 26.3 Å². The molecule has 0 fully saturated rings. The first-order chi connectivity index (χ1) is 10.1. The first-order valence-electron chi connectivity index (χ1n) is 7.49. The van der Waals surface area contributed by atoms with Crippen LogP contribution in [0.15, 0.2) is 60.7 Å². The van der Waals surface area contributed by atoms with Gasteiger partial charge in [-0.15, -0.1) is 0 Å². The topological polar surface area (TPSA) is 4.93 Å². The number of nitrogens with zero attached hydrogens (tertiary/aromatic N) is 1. The molecule has 0 saturated heterocycles. The van der Waals surface area contributed by atoms with E-state index in [1.54, 1.807) is 0 Å². The molecule has 21 heavy (non-hydrogen) atoms. The summed E-state index contributed by atoms with van der Waals surface area (Å²) in [5.74, 6) is 0. The molecule has 0 amide bonds. The molecular formula is C20H19N. The molecule has 0 N–H and O–H groups in total. The maximum absolute atomic E-state index is 2.49. The normalized spacial score (nSPS) is 12.5. The number of fused-ring (bicyclic) bond motifs is 5. The number of hydrogen-bond acceptors (Lipinski definition) is 0. The lowest BCUT2D eigenvalue weighted by atomic mass is 10.0.